The number of hydrogen-bond donors (Lipinski definition) is 2. The topological polar surface area (TPSA) is 106 Å². The Hall–Kier alpha value is -2.17. The Morgan fingerprint density at radius 3 is 2.70 bits per heavy atom. The van der Waals surface area contributed by atoms with Crippen molar-refractivity contribution < 1.29 is 32.6 Å². The van der Waals surface area contributed by atoms with Crippen LogP contribution >= 0.6 is 0 Å². The molecule has 1 fully saturated rings. The predicted octanol–water partition coefficient (Wildman–Crippen LogP) is -0.405. The van der Waals surface area contributed by atoms with E-state index in [1.807, 2.05) is 0 Å². The van der Waals surface area contributed by atoms with Crippen molar-refractivity contribution in [3.05, 3.63) is 11.9 Å². The molecule has 1 aliphatic rings. The molecule has 1 saturated heterocycles. The number of aromatic carboxylic acids is 1. The molecule has 0 spiro atoms. The van der Waals surface area contributed by atoms with E-state index in [9.17, 15) is 22.8 Å². The fraction of sp³-hybridized carbons (Fsp3) is 0.556. The van der Waals surface area contributed by atoms with Gasteiger partial charge in [0.15, 0.2) is 5.69 Å². The molecule has 0 unspecified atom stereocenters. The lowest BCUT2D eigenvalue weighted by molar-refractivity contribution is -0.174. The molecule has 2 heterocycles. The summed E-state index contributed by atoms with van der Waals surface area (Å²) in [4.78, 5) is 21.5. The molecule has 2 N–H and O–H groups in total. The molecule has 20 heavy (non-hydrogen) atoms. The summed E-state index contributed by atoms with van der Waals surface area (Å²) in [6.45, 7) is -0.139. The van der Waals surface area contributed by atoms with Gasteiger partial charge in [0.2, 0.25) is 0 Å². The number of halogens is 3. The van der Waals surface area contributed by atoms with Crippen molar-refractivity contribution in [2.45, 2.75) is 18.3 Å². The van der Waals surface area contributed by atoms with Crippen LogP contribution in [0.25, 0.3) is 0 Å². The Morgan fingerprint density at radius 2 is 2.15 bits per heavy atom. The number of carbonyl (C=O) groups excluding carboxylic acids is 1. The molecule has 0 saturated carbocycles. The summed E-state index contributed by atoms with van der Waals surface area (Å²) in [6.07, 6.45) is -3.93. The Kier molecular flexibility index (Phi) is 3.61. The quantitative estimate of drug-likeness (QED) is 0.785. The van der Waals surface area contributed by atoms with Gasteiger partial charge in [0.05, 0.1) is 31.5 Å². The highest BCUT2D eigenvalue weighted by molar-refractivity contribution is 5.84. The highest BCUT2D eigenvalue weighted by Gasteiger charge is 2.42. The molecule has 0 bridgehead atoms. The normalized spacial score (nSPS) is 22.8. The van der Waals surface area contributed by atoms with Crippen LogP contribution in [0.2, 0.25) is 0 Å². The molecule has 0 radical (unpaired) electrons. The number of nitrogens with zero attached hydrogens (tertiary/aromatic N) is 3. The average Bonchev–Trinajstić information content (AvgIpc) is 2.94. The van der Waals surface area contributed by atoms with Crippen LogP contribution in [0.5, 0.6) is 0 Å². The minimum absolute atomic E-state index is 0.00871. The van der Waals surface area contributed by atoms with Gasteiger partial charge in [-0.3, -0.25) is 4.79 Å². The van der Waals surface area contributed by atoms with Crippen LogP contribution in [0.1, 0.15) is 16.5 Å². The Bertz CT molecular complexity index is 530. The lowest BCUT2D eigenvalue weighted by Crippen LogP contribution is -2.46. The van der Waals surface area contributed by atoms with E-state index in [1.54, 1.807) is 5.32 Å². The number of rotatable bonds is 3. The van der Waals surface area contributed by atoms with Crippen LogP contribution in [0.4, 0.5) is 13.2 Å². The molecular formula is C9H9F3N4O4. The van der Waals surface area contributed by atoms with E-state index in [-0.39, 0.29) is 18.9 Å². The number of hydrogen-bond acceptors (Lipinski definition) is 5. The monoisotopic (exact) mass is 294 g/mol. The molecule has 2 rings (SSSR count). The molecule has 1 aliphatic heterocycles. The van der Waals surface area contributed by atoms with Crippen LogP contribution < -0.4 is 5.32 Å². The summed E-state index contributed by atoms with van der Waals surface area (Å²) in [7, 11) is 0. The van der Waals surface area contributed by atoms with Gasteiger partial charge >= 0.3 is 18.1 Å². The minimum Gasteiger partial charge on any atom is -0.476 e. The highest BCUT2D eigenvalue weighted by atomic mass is 19.4. The van der Waals surface area contributed by atoms with E-state index >= 15 is 0 Å². The van der Waals surface area contributed by atoms with E-state index in [0.717, 1.165) is 10.9 Å². The van der Waals surface area contributed by atoms with Gasteiger partial charge in [-0.1, -0.05) is 5.21 Å². The molecule has 1 amide bonds. The standard InChI is InChI=1S/C9H9F3N4O4/c10-9(11,12)8(19)13-5-2-20-3-6(5)16-1-4(7(17)18)14-15-16/h1,5-6H,2-3H2,(H,13,19)(H,17,18)/t5-,6+/m0/s1. The van der Waals surface area contributed by atoms with Gasteiger partial charge in [-0.05, 0) is 0 Å². The van der Waals surface area contributed by atoms with Gasteiger partial charge in [0, 0.05) is 0 Å². The van der Waals surface area contributed by atoms with E-state index in [1.165, 1.54) is 0 Å². The number of carboxylic acid groups (broad SMARTS) is 1. The Balaban J connectivity index is 2.10. The molecule has 1 aromatic rings. The van der Waals surface area contributed by atoms with Gasteiger partial charge in [-0.2, -0.15) is 13.2 Å². The van der Waals surface area contributed by atoms with Crippen molar-refractivity contribution in [3.8, 4) is 0 Å². The van der Waals surface area contributed by atoms with Crippen molar-refractivity contribution in [1.29, 1.82) is 0 Å². The van der Waals surface area contributed by atoms with E-state index in [2.05, 4.69) is 10.3 Å². The largest absolute Gasteiger partial charge is 0.476 e. The van der Waals surface area contributed by atoms with Crippen LogP contribution in [-0.4, -0.2) is 57.4 Å². The van der Waals surface area contributed by atoms with Gasteiger partial charge in [-0.25, -0.2) is 9.48 Å². The van der Waals surface area contributed by atoms with Crippen molar-refractivity contribution in [2.75, 3.05) is 13.2 Å². The lowest BCUT2D eigenvalue weighted by atomic mass is 10.1. The lowest BCUT2D eigenvalue weighted by Gasteiger charge is -2.19. The first kappa shape index (κ1) is 14.2. The van der Waals surface area contributed by atoms with Gasteiger partial charge in [-0.15, -0.1) is 5.10 Å². The van der Waals surface area contributed by atoms with Crippen molar-refractivity contribution in [1.82, 2.24) is 20.3 Å². The zero-order chi connectivity index (χ0) is 14.9. The van der Waals surface area contributed by atoms with E-state index in [4.69, 9.17) is 9.84 Å². The summed E-state index contributed by atoms with van der Waals surface area (Å²) in [5.74, 6) is -3.40. The second-order valence-electron chi connectivity index (χ2n) is 4.07. The molecule has 1 aromatic heterocycles. The molecule has 110 valence electrons. The number of alkyl halides is 3. The molecule has 2 atom stereocenters. The summed E-state index contributed by atoms with van der Waals surface area (Å²) < 4.78 is 42.6. The van der Waals surface area contributed by atoms with Crippen LogP contribution in [0.3, 0.4) is 0 Å². The summed E-state index contributed by atoms with van der Waals surface area (Å²) in [5, 5.41) is 17.3. The second-order valence-corrected chi connectivity index (χ2v) is 4.07. The van der Waals surface area contributed by atoms with Crippen LogP contribution in [0.15, 0.2) is 6.20 Å². The molecule has 0 aromatic carbocycles. The molecular weight excluding hydrogens is 285 g/mol. The van der Waals surface area contributed by atoms with Crippen LogP contribution in [0, 0.1) is 0 Å². The first-order valence-corrected chi connectivity index (χ1v) is 5.39. The third kappa shape index (κ3) is 2.87. The fourth-order valence-corrected chi connectivity index (χ4v) is 1.73. The third-order valence-electron chi connectivity index (χ3n) is 2.69. The zero-order valence-electron chi connectivity index (χ0n) is 9.79. The number of amides is 1. The maximum Gasteiger partial charge on any atom is 0.471 e. The third-order valence-corrected chi connectivity index (χ3v) is 2.69. The van der Waals surface area contributed by atoms with E-state index in [0.29, 0.717) is 0 Å². The van der Waals surface area contributed by atoms with Gasteiger partial charge in [0.1, 0.15) is 0 Å². The first-order valence-electron chi connectivity index (χ1n) is 5.39. The Morgan fingerprint density at radius 1 is 1.45 bits per heavy atom. The number of nitrogens with one attached hydrogen (secondary N) is 1. The maximum absolute atomic E-state index is 12.2. The van der Waals surface area contributed by atoms with Crippen LogP contribution in [-0.2, 0) is 9.53 Å². The van der Waals surface area contributed by atoms with E-state index < -0.39 is 30.1 Å². The van der Waals surface area contributed by atoms with Gasteiger partial charge in [0.25, 0.3) is 0 Å². The fourth-order valence-electron chi connectivity index (χ4n) is 1.73. The number of aromatic nitrogens is 3. The zero-order valence-corrected chi connectivity index (χ0v) is 9.79. The molecule has 8 nitrogen and oxygen atoms in total. The molecule has 11 heteroatoms. The second kappa shape index (κ2) is 5.07. The van der Waals surface area contributed by atoms with Gasteiger partial charge < -0.3 is 15.2 Å². The number of carbonyl (C=O) groups is 2. The highest BCUT2D eigenvalue weighted by Crippen LogP contribution is 2.21. The average molecular weight is 294 g/mol. The number of carboxylic acids is 1. The van der Waals surface area contributed by atoms with Crippen molar-refractivity contribution in [2.24, 2.45) is 0 Å². The van der Waals surface area contributed by atoms with Crippen molar-refractivity contribution >= 4 is 11.9 Å². The number of ether oxygens (including phenoxy) is 1. The Labute approximate surface area is 109 Å². The maximum atomic E-state index is 12.2. The summed E-state index contributed by atoms with van der Waals surface area (Å²) in [6, 6.07) is -1.71. The predicted molar refractivity (Wildman–Crippen MR) is 54.8 cm³/mol. The minimum atomic E-state index is -5.00. The summed E-state index contributed by atoms with van der Waals surface area (Å²) >= 11 is 0. The summed E-state index contributed by atoms with van der Waals surface area (Å²) in [5.41, 5.74) is -0.349. The smallest absolute Gasteiger partial charge is 0.471 e. The SMILES string of the molecule is O=C(O)c1cn([C@@H]2COC[C@@H]2NC(=O)C(F)(F)F)nn1. The molecule has 0 aliphatic carbocycles. The first-order chi connectivity index (χ1) is 9.29. The van der Waals surface area contributed by atoms with Crippen molar-refractivity contribution in [3.63, 3.8) is 0 Å².